The number of Topliss-reactive ketones (excluding diaryl/α,β-unsaturated/α-hetero) is 1. The standard InChI is InChI=1S/C33H44BrNO9S/c1-5-42-31(39)33-19-23(33)12-10-8-6-7-9-11-22(17-29(37)43-32(2,3)4)30(38)35-21-25(18-27(35)28(36)20-33)44-45(40,41)26-15-13-24(34)14-16-26/h10,12-16,22-23,25,27H,5-9,11,17-21H2,1-4H3/b12-10-/t22-,23-,25+,27+,33-/m1/s1. The van der Waals surface area contributed by atoms with Gasteiger partial charge in [-0.3, -0.25) is 23.4 Å². The number of hydrogen-bond donors (Lipinski definition) is 0. The molecule has 1 aromatic rings. The molecule has 0 unspecified atom stereocenters. The van der Waals surface area contributed by atoms with Crippen LogP contribution in [0.5, 0.6) is 0 Å². The SMILES string of the molecule is CCOC(=O)[C@]12CC(=O)[C@@H]3C[C@H](OS(=O)(=O)c4ccc(Br)cc4)CN3C(=O)[C@@H](CC(=O)OC(C)(C)C)CCCCC/C=C\[C@@H]1C2. The first-order valence-electron chi connectivity index (χ1n) is 15.7. The van der Waals surface area contributed by atoms with E-state index in [2.05, 4.69) is 15.9 Å². The topological polar surface area (TPSA) is 133 Å². The summed E-state index contributed by atoms with van der Waals surface area (Å²) in [6.07, 6.45) is 6.75. The summed E-state index contributed by atoms with van der Waals surface area (Å²) in [7, 11) is -4.21. The number of benzene rings is 1. The van der Waals surface area contributed by atoms with Crippen LogP contribution in [0.25, 0.3) is 0 Å². The van der Waals surface area contributed by atoms with Crippen molar-refractivity contribution in [1.29, 1.82) is 0 Å². The van der Waals surface area contributed by atoms with Gasteiger partial charge in [0, 0.05) is 29.8 Å². The van der Waals surface area contributed by atoms with Gasteiger partial charge in [0.15, 0.2) is 5.78 Å². The average molecular weight is 711 g/mol. The summed E-state index contributed by atoms with van der Waals surface area (Å²) in [4.78, 5) is 55.6. The zero-order valence-corrected chi connectivity index (χ0v) is 28.9. The van der Waals surface area contributed by atoms with Crippen LogP contribution in [0.1, 0.15) is 85.5 Å². The smallest absolute Gasteiger partial charge is 0.313 e. The Labute approximate surface area is 274 Å². The largest absolute Gasteiger partial charge is 0.466 e. The molecule has 2 aliphatic heterocycles. The number of halogens is 1. The minimum Gasteiger partial charge on any atom is -0.466 e. The molecule has 1 aromatic carbocycles. The lowest BCUT2D eigenvalue weighted by Gasteiger charge is -2.29. The van der Waals surface area contributed by atoms with Crippen LogP contribution in [-0.4, -0.2) is 67.8 Å². The fourth-order valence-electron chi connectivity index (χ4n) is 6.27. The number of fused-ring (bicyclic) bond motifs is 2. The molecule has 0 N–H and O–H groups in total. The van der Waals surface area contributed by atoms with Crippen molar-refractivity contribution in [3.05, 3.63) is 40.9 Å². The number of esters is 2. The van der Waals surface area contributed by atoms with E-state index in [1.54, 1.807) is 39.8 Å². The van der Waals surface area contributed by atoms with Gasteiger partial charge in [0.25, 0.3) is 10.1 Å². The Kier molecular flexibility index (Phi) is 11.3. The van der Waals surface area contributed by atoms with E-state index in [0.29, 0.717) is 23.7 Å². The van der Waals surface area contributed by atoms with Crippen LogP contribution in [0.3, 0.4) is 0 Å². The highest BCUT2D eigenvalue weighted by molar-refractivity contribution is 9.10. The van der Waals surface area contributed by atoms with Gasteiger partial charge in [-0.25, -0.2) is 0 Å². The number of hydrogen-bond acceptors (Lipinski definition) is 9. The summed E-state index contributed by atoms with van der Waals surface area (Å²) in [5.74, 6) is -2.65. The molecule has 1 aliphatic carbocycles. The maximum Gasteiger partial charge on any atom is 0.313 e. The number of amides is 1. The van der Waals surface area contributed by atoms with Gasteiger partial charge in [-0.15, -0.1) is 0 Å². The van der Waals surface area contributed by atoms with Crippen LogP contribution < -0.4 is 0 Å². The molecule has 0 aromatic heterocycles. The van der Waals surface area contributed by atoms with E-state index in [4.69, 9.17) is 13.7 Å². The molecule has 45 heavy (non-hydrogen) atoms. The number of rotatable bonds is 7. The highest BCUT2D eigenvalue weighted by atomic mass is 79.9. The number of ketones is 1. The van der Waals surface area contributed by atoms with Crippen molar-refractivity contribution in [2.75, 3.05) is 13.2 Å². The second-order valence-corrected chi connectivity index (χ2v) is 15.7. The maximum absolute atomic E-state index is 14.2. The first kappa shape index (κ1) is 35.3. The van der Waals surface area contributed by atoms with E-state index in [9.17, 15) is 27.6 Å². The van der Waals surface area contributed by atoms with Crippen LogP contribution in [-0.2, 0) is 43.0 Å². The predicted molar refractivity (Wildman–Crippen MR) is 169 cm³/mol. The number of nitrogens with zero attached hydrogens (tertiary/aromatic N) is 1. The molecule has 2 heterocycles. The Bertz CT molecular complexity index is 1400. The van der Waals surface area contributed by atoms with Gasteiger partial charge >= 0.3 is 11.9 Å². The van der Waals surface area contributed by atoms with E-state index < -0.39 is 57.0 Å². The zero-order valence-electron chi connectivity index (χ0n) is 26.5. The Balaban J connectivity index is 1.65. The van der Waals surface area contributed by atoms with E-state index in [-0.39, 0.29) is 49.0 Å². The Hall–Kier alpha value is -2.57. The summed E-state index contributed by atoms with van der Waals surface area (Å²) in [5, 5.41) is 0. The van der Waals surface area contributed by atoms with Crippen molar-refractivity contribution < 1.29 is 41.3 Å². The first-order valence-corrected chi connectivity index (χ1v) is 17.9. The fraction of sp³-hybridized carbons (Fsp3) is 0.636. The van der Waals surface area contributed by atoms with E-state index >= 15 is 0 Å². The fourth-order valence-corrected chi connectivity index (χ4v) is 7.62. The molecule has 0 spiro atoms. The summed E-state index contributed by atoms with van der Waals surface area (Å²) in [6.45, 7) is 7.01. The van der Waals surface area contributed by atoms with Gasteiger partial charge < -0.3 is 14.4 Å². The molecule has 0 bridgehead atoms. The van der Waals surface area contributed by atoms with Crippen molar-refractivity contribution in [2.24, 2.45) is 17.3 Å². The molecule has 1 saturated carbocycles. The molecule has 4 rings (SSSR count). The third kappa shape index (κ3) is 9.04. The summed E-state index contributed by atoms with van der Waals surface area (Å²) in [5.41, 5.74) is -1.75. The monoisotopic (exact) mass is 709 g/mol. The van der Waals surface area contributed by atoms with Crippen LogP contribution >= 0.6 is 15.9 Å². The molecular formula is C33H44BrNO9S. The Morgan fingerprint density at radius 2 is 1.80 bits per heavy atom. The molecule has 12 heteroatoms. The second kappa shape index (κ2) is 14.5. The minimum atomic E-state index is -4.21. The molecule has 0 radical (unpaired) electrons. The highest BCUT2D eigenvalue weighted by Crippen LogP contribution is 2.57. The molecule has 1 saturated heterocycles. The van der Waals surface area contributed by atoms with Gasteiger partial charge in [-0.05, 0) is 83.6 Å². The molecule has 5 atom stereocenters. The molecule has 10 nitrogen and oxygen atoms in total. The van der Waals surface area contributed by atoms with Gasteiger partial charge in [-0.2, -0.15) is 8.42 Å². The summed E-state index contributed by atoms with van der Waals surface area (Å²) >= 11 is 3.29. The van der Waals surface area contributed by atoms with Crippen molar-refractivity contribution in [1.82, 2.24) is 4.90 Å². The van der Waals surface area contributed by atoms with Gasteiger partial charge in [0.05, 0.1) is 35.5 Å². The third-order valence-electron chi connectivity index (χ3n) is 8.56. The van der Waals surface area contributed by atoms with Crippen molar-refractivity contribution in [2.45, 2.75) is 108 Å². The predicted octanol–water partition coefficient (Wildman–Crippen LogP) is 5.52. The average Bonchev–Trinajstić information content (AvgIpc) is 3.48. The van der Waals surface area contributed by atoms with Crippen LogP contribution in [0.15, 0.2) is 45.8 Å². The molecule has 1 amide bonds. The number of allylic oxidation sites excluding steroid dienone is 2. The maximum atomic E-state index is 14.2. The Morgan fingerprint density at radius 3 is 2.47 bits per heavy atom. The number of carbonyl (C=O) groups excluding carboxylic acids is 4. The van der Waals surface area contributed by atoms with Crippen molar-refractivity contribution in [3.63, 3.8) is 0 Å². The van der Waals surface area contributed by atoms with E-state index in [0.717, 1.165) is 19.3 Å². The number of ether oxygens (including phenoxy) is 2. The number of carbonyl (C=O) groups is 4. The van der Waals surface area contributed by atoms with Gasteiger partial charge in [0.2, 0.25) is 5.91 Å². The van der Waals surface area contributed by atoms with Gasteiger partial charge in [-0.1, -0.05) is 40.9 Å². The Morgan fingerprint density at radius 1 is 1.09 bits per heavy atom. The second-order valence-electron chi connectivity index (χ2n) is 13.3. The van der Waals surface area contributed by atoms with Crippen LogP contribution in [0.2, 0.25) is 0 Å². The highest BCUT2D eigenvalue weighted by Gasteiger charge is 2.61. The van der Waals surface area contributed by atoms with E-state index in [1.165, 1.54) is 17.0 Å². The zero-order chi connectivity index (χ0) is 33.0. The van der Waals surface area contributed by atoms with Crippen molar-refractivity contribution >= 4 is 49.7 Å². The van der Waals surface area contributed by atoms with Crippen LogP contribution in [0, 0.1) is 17.3 Å². The third-order valence-corrected chi connectivity index (χ3v) is 10.5. The van der Waals surface area contributed by atoms with E-state index in [1.807, 2.05) is 12.2 Å². The normalized spacial score (nSPS) is 28.7. The quantitative estimate of drug-likeness (QED) is 0.204. The van der Waals surface area contributed by atoms with Gasteiger partial charge in [0.1, 0.15) is 5.60 Å². The lowest BCUT2D eigenvalue weighted by atomic mass is 9.91. The summed E-state index contributed by atoms with van der Waals surface area (Å²) < 4.78 is 43.6. The lowest BCUT2D eigenvalue weighted by molar-refractivity contribution is -0.159. The molecule has 3 aliphatic rings. The first-order chi connectivity index (χ1) is 21.1. The lowest BCUT2D eigenvalue weighted by Crippen LogP contribution is -2.45. The minimum absolute atomic E-state index is 0.0514. The van der Waals surface area contributed by atoms with Crippen molar-refractivity contribution in [3.8, 4) is 0 Å². The molecular weight excluding hydrogens is 666 g/mol. The van der Waals surface area contributed by atoms with Crippen LogP contribution in [0.4, 0.5) is 0 Å². The molecule has 2 fully saturated rings. The molecule has 248 valence electrons. The summed E-state index contributed by atoms with van der Waals surface area (Å²) in [6, 6.07) is 4.96.